The van der Waals surface area contributed by atoms with Crippen LogP contribution in [0.1, 0.15) is 52.4 Å². The zero-order chi connectivity index (χ0) is 17.4. The molecule has 0 amide bonds. The molecule has 1 unspecified atom stereocenters. The largest absolute Gasteiger partial charge is 0.504 e. The third kappa shape index (κ3) is 1.77. The lowest BCUT2D eigenvalue weighted by Crippen LogP contribution is -2.51. The van der Waals surface area contributed by atoms with Crippen molar-refractivity contribution in [3.8, 4) is 0 Å². The van der Waals surface area contributed by atoms with E-state index in [0.717, 1.165) is 17.6 Å². The van der Waals surface area contributed by atoms with Crippen LogP contribution in [-0.4, -0.2) is 22.8 Å². The summed E-state index contributed by atoms with van der Waals surface area (Å²) in [7, 11) is 0. The molecule has 4 heteroatoms. The first-order valence-electron chi connectivity index (χ1n) is 9.03. The van der Waals surface area contributed by atoms with Gasteiger partial charge in [0, 0.05) is 22.8 Å². The van der Waals surface area contributed by atoms with Gasteiger partial charge in [0.05, 0.1) is 0 Å². The Labute approximate surface area is 142 Å². The summed E-state index contributed by atoms with van der Waals surface area (Å²) < 4.78 is 14.2. The van der Waals surface area contributed by atoms with E-state index in [-0.39, 0.29) is 40.5 Å². The SMILES string of the molecule is C=C1C[C@@H]2[C@@H](CC[C@]3(C)C(=O)C(F)C[C@@H]23)[C@@]2(C)CCC(=O)C(O)=C12. The van der Waals surface area contributed by atoms with Crippen molar-refractivity contribution in [3.63, 3.8) is 0 Å². The molecule has 0 aromatic carbocycles. The van der Waals surface area contributed by atoms with Crippen LogP contribution in [0.4, 0.5) is 4.39 Å². The maximum atomic E-state index is 14.2. The molecule has 4 rings (SSSR count). The molecule has 24 heavy (non-hydrogen) atoms. The summed E-state index contributed by atoms with van der Waals surface area (Å²) in [6, 6.07) is 0. The van der Waals surface area contributed by atoms with Gasteiger partial charge in [-0.15, -0.1) is 0 Å². The van der Waals surface area contributed by atoms with Gasteiger partial charge >= 0.3 is 0 Å². The normalized spacial score (nSPS) is 48.2. The van der Waals surface area contributed by atoms with Crippen molar-refractivity contribution < 1.29 is 19.1 Å². The van der Waals surface area contributed by atoms with Gasteiger partial charge in [-0.05, 0) is 55.4 Å². The van der Waals surface area contributed by atoms with Crippen LogP contribution in [0.5, 0.6) is 0 Å². The fraction of sp³-hybridized carbons (Fsp3) is 0.700. The van der Waals surface area contributed by atoms with Gasteiger partial charge in [-0.1, -0.05) is 20.4 Å². The first kappa shape index (κ1) is 16.0. The van der Waals surface area contributed by atoms with E-state index in [4.69, 9.17) is 0 Å². The van der Waals surface area contributed by atoms with E-state index in [0.29, 0.717) is 32.1 Å². The van der Waals surface area contributed by atoms with Crippen molar-refractivity contribution in [2.75, 3.05) is 0 Å². The van der Waals surface area contributed by atoms with Crippen molar-refractivity contribution in [3.05, 3.63) is 23.5 Å². The zero-order valence-electron chi connectivity index (χ0n) is 14.4. The molecule has 4 aliphatic carbocycles. The van der Waals surface area contributed by atoms with Crippen LogP contribution >= 0.6 is 0 Å². The number of rotatable bonds is 0. The Morgan fingerprint density at radius 2 is 1.88 bits per heavy atom. The Hall–Kier alpha value is -1.45. The Bertz CT molecular complexity index is 693. The Morgan fingerprint density at radius 3 is 2.58 bits per heavy atom. The number of halogens is 1. The summed E-state index contributed by atoms with van der Waals surface area (Å²) in [6.07, 6.45) is 2.28. The molecule has 3 saturated carbocycles. The number of hydrogen-bond acceptors (Lipinski definition) is 3. The van der Waals surface area contributed by atoms with Crippen LogP contribution in [0.3, 0.4) is 0 Å². The van der Waals surface area contributed by atoms with Gasteiger partial charge in [-0.2, -0.15) is 0 Å². The average molecular weight is 332 g/mol. The van der Waals surface area contributed by atoms with E-state index in [1.165, 1.54) is 0 Å². The smallest absolute Gasteiger partial charge is 0.197 e. The fourth-order valence-corrected chi connectivity index (χ4v) is 6.47. The maximum absolute atomic E-state index is 14.2. The highest BCUT2D eigenvalue weighted by atomic mass is 19.1. The number of aliphatic hydroxyl groups excluding tert-OH is 1. The first-order valence-corrected chi connectivity index (χ1v) is 9.03. The second-order valence-corrected chi connectivity index (χ2v) is 8.77. The van der Waals surface area contributed by atoms with Gasteiger partial charge < -0.3 is 5.11 Å². The zero-order valence-corrected chi connectivity index (χ0v) is 14.4. The molecule has 4 aliphatic rings. The number of hydrogen-bond donors (Lipinski definition) is 1. The molecule has 0 aromatic rings. The number of alkyl halides is 1. The summed E-state index contributed by atoms with van der Waals surface area (Å²) in [5, 5.41) is 10.4. The second kappa shape index (κ2) is 4.80. The van der Waals surface area contributed by atoms with E-state index in [1.54, 1.807) is 0 Å². The number of ketones is 2. The van der Waals surface area contributed by atoms with Crippen LogP contribution in [0.2, 0.25) is 0 Å². The molecule has 0 heterocycles. The summed E-state index contributed by atoms with van der Waals surface area (Å²) in [6.45, 7) is 8.21. The van der Waals surface area contributed by atoms with E-state index < -0.39 is 11.6 Å². The standard InChI is InChI=1S/C20H25FO3/c1-10-8-11-12(19(2)7-5-15(22)17(23)16(10)19)4-6-20(3)13(11)9-14(21)18(20)24/h11-14,23H,1,4-9H2,2-3H3/t11-,12-,13+,14?,19-,20+/m1/s1. The third-order valence-electron chi connectivity index (χ3n) is 7.73. The summed E-state index contributed by atoms with van der Waals surface area (Å²) in [5.41, 5.74) is 0.717. The molecule has 3 nitrogen and oxygen atoms in total. The highest BCUT2D eigenvalue weighted by Crippen LogP contribution is 2.65. The topological polar surface area (TPSA) is 54.4 Å². The lowest BCUT2D eigenvalue weighted by atomic mass is 9.46. The van der Waals surface area contributed by atoms with Crippen LogP contribution in [0.15, 0.2) is 23.5 Å². The summed E-state index contributed by atoms with van der Waals surface area (Å²) >= 11 is 0. The van der Waals surface area contributed by atoms with Gasteiger partial charge in [-0.25, -0.2) is 4.39 Å². The molecule has 0 radical (unpaired) electrons. The van der Waals surface area contributed by atoms with E-state index in [2.05, 4.69) is 13.5 Å². The monoisotopic (exact) mass is 332 g/mol. The highest BCUT2D eigenvalue weighted by Gasteiger charge is 2.62. The van der Waals surface area contributed by atoms with Gasteiger partial charge in [0.25, 0.3) is 0 Å². The number of allylic oxidation sites excluding steroid dienone is 2. The van der Waals surface area contributed by atoms with Crippen LogP contribution in [-0.2, 0) is 9.59 Å². The molecular weight excluding hydrogens is 307 g/mol. The maximum Gasteiger partial charge on any atom is 0.197 e. The third-order valence-corrected chi connectivity index (χ3v) is 7.73. The molecule has 6 atom stereocenters. The molecule has 0 spiro atoms. The highest BCUT2D eigenvalue weighted by molar-refractivity contribution is 5.96. The van der Waals surface area contributed by atoms with Crippen molar-refractivity contribution in [2.45, 2.75) is 58.5 Å². The fourth-order valence-electron chi connectivity index (χ4n) is 6.47. The van der Waals surface area contributed by atoms with Gasteiger partial charge in [0.2, 0.25) is 0 Å². The first-order chi connectivity index (χ1) is 11.2. The Morgan fingerprint density at radius 1 is 1.17 bits per heavy atom. The second-order valence-electron chi connectivity index (χ2n) is 8.77. The lowest BCUT2D eigenvalue weighted by Gasteiger charge is -2.57. The minimum Gasteiger partial charge on any atom is -0.504 e. The van der Waals surface area contributed by atoms with E-state index in [1.807, 2.05) is 6.92 Å². The van der Waals surface area contributed by atoms with Gasteiger partial charge in [0.1, 0.15) is 0 Å². The number of fused-ring (bicyclic) bond motifs is 5. The number of carbonyl (C=O) groups excluding carboxylic acids is 2. The molecule has 0 bridgehead atoms. The summed E-state index contributed by atoms with van der Waals surface area (Å²) in [5.74, 6) is 0.0347. The predicted molar refractivity (Wildman–Crippen MR) is 88.1 cm³/mol. The number of carbonyl (C=O) groups is 2. The molecule has 3 fully saturated rings. The van der Waals surface area contributed by atoms with Crippen molar-refractivity contribution in [1.29, 1.82) is 0 Å². The average Bonchev–Trinajstić information content (AvgIpc) is 2.75. The van der Waals surface area contributed by atoms with Gasteiger partial charge in [0.15, 0.2) is 23.5 Å². The molecule has 0 saturated heterocycles. The Balaban J connectivity index is 1.79. The van der Waals surface area contributed by atoms with Crippen LogP contribution < -0.4 is 0 Å². The van der Waals surface area contributed by atoms with Crippen molar-refractivity contribution in [2.24, 2.45) is 28.6 Å². The minimum absolute atomic E-state index is 0.0497. The molecule has 0 aliphatic heterocycles. The molecule has 1 N–H and O–H groups in total. The van der Waals surface area contributed by atoms with Crippen LogP contribution in [0.25, 0.3) is 0 Å². The van der Waals surface area contributed by atoms with Crippen molar-refractivity contribution >= 4 is 11.6 Å². The van der Waals surface area contributed by atoms with Crippen LogP contribution in [0, 0.1) is 28.6 Å². The van der Waals surface area contributed by atoms with E-state index >= 15 is 0 Å². The molecule has 0 aromatic heterocycles. The molecule has 130 valence electrons. The van der Waals surface area contributed by atoms with E-state index in [9.17, 15) is 19.1 Å². The number of aliphatic hydroxyl groups is 1. The minimum atomic E-state index is -1.34. The lowest BCUT2D eigenvalue weighted by molar-refractivity contribution is -0.134. The molecular formula is C20H25FO3. The van der Waals surface area contributed by atoms with Crippen molar-refractivity contribution in [1.82, 2.24) is 0 Å². The summed E-state index contributed by atoms with van der Waals surface area (Å²) in [4.78, 5) is 24.4. The predicted octanol–water partition coefficient (Wildman–Crippen LogP) is 4.09. The van der Waals surface area contributed by atoms with Gasteiger partial charge in [-0.3, -0.25) is 9.59 Å². The number of Topliss-reactive ketones (excluding diaryl/α,β-unsaturated/α-hetero) is 2. The quantitative estimate of drug-likeness (QED) is 0.727. The Kier molecular flexibility index (Phi) is 3.21.